The van der Waals surface area contributed by atoms with Gasteiger partial charge in [-0.25, -0.2) is 9.59 Å². The van der Waals surface area contributed by atoms with Crippen molar-refractivity contribution in [3.05, 3.63) is 59.7 Å². The molecule has 2 bridgehead atoms. The molecule has 4 rings (SSSR count). The summed E-state index contributed by atoms with van der Waals surface area (Å²) in [5.41, 5.74) is -0.0408. The highest BCUT2D eigenvalue weighted by Crippen LogP contribution is 2.40. The van der Waals surface area contributed by atoms with E-state index in [-0.39, 0.29) is 17.8 Å². The van der Waals surface area contributed by atoms with Crippen LogP contribution in [0.4, 0.5) is 34.1 Å². The molecule has 2 saturated heterocycles. The molecule has 7 nitrogen and oxygen atoms in total. The zero-order valence-electron chi connectivity index (χ0n) is 19.7. The minimum absolute atomic E-state index is 0.000293. The minimum Gasteiger partial charge on any atom is -0.444 e. The summed E-state index contributed by atoms with van der Waals surface area (Å²) in [7, 11) is 0. The third-order valence-corrected chi connectivity index (χ3v) is 5.93. The molecular formula is C25H28F3N3O4. The summed E-state index contributed by atoms with van der Waals surface area (Å²) in [5.74, 6) is 0. The van der Waals surface area contributed by atoms with Gasteiger partial charge in [0.1, 0.15) is 5.60 Å². The number of amides is 3. The molecule has 2 aromatic carbocycles. The number of nitrogens with zero attached hydrogens (tertiary/aromatic N) is 1. The zero-order chi connectivity index (χ0) is 25.4. The molecule has 2 aliphatic heterocycles. The molecule has 3 amide bonds. The Balaban J connectivity index is 1.31. The van der Waals surface area contributed by atoms with Crippen molar-refractivity contribution in [2.45, 2.75) is 57.0 Å². The molecule has 2 N–H and O–H groups in total. The van der Waals surface area contributed by atoms with E-state index in [9.17, 15) is 22.8 Å². The van der Waals surface area contributed by atoms with Crippen molar-refractivity contribution in [2.75, 3.05) is 23.8 Å². The second-order valence-electron chi connectivity index (χ2n) is 9.99. The molecule has 2 aliphatic rings. The van der Waals surface area contributed by atoms with E-state index in [1.54, 1.807) is 17.0 Å². The van der Waals surface area contributed by atoms with E-state index in [0.717, 1.165) is 24.1 Å². The van der Waals surface area contributed by atoms with Crippen LogP contribution in [0.3, 0.4) is 0 Å². The van der Waals surface area contributed by atoms with Crippen molar-refractivity contribution in [2.24, 2.45) is 0 Å². The summed E-state index contributed by atoms with van der Waals surface area (Å²) >= 11 is 0. The lowest BCUT2D eigenvalue weighted by Gasteiger charge is -2.34. The molecule has 35 heavy (non-hydrogen) atoms. The number of hydrogen-bond donors (Lipinski definition) is 2. The number of hydrogen-bond acceptors (Lipinski definition) is 4. The number of fused-ring (bicyclic) bond motifs is 2. The number of urea groups is 1. The van der Waals surface area contributed by atoms with Gasteiger partial charge in [-0.05, 0) is 62.7 Å². The van der Waals surface area contributed by atoms with E-state index >= 15 is 0 Å². The van der Waals surface area contributed by atoms with Crippen LogP contribution in [0, 0.1) is 0 Å². The quantitative estimate of drug-likeness (QED) is 0.578. The van der Waals surface area contributed by atoms with Crippen LogP contribution in [0.2, 0.25) is 0 Å². The maximum Gasteiger partial charge on any atom is 0.416 e. The van der Waals surface area contributed by atoms with Crippen LogP contribution >= 0.6 is 0 Å². The second-order valence-corrected chi connectivity index (χ2v) is 9.99. The number of rotatable bonds is 4. The van der Waals surface area contributed by atoms with E-state index in [2.05, 4.69) is 10.6 Å². The van der Waals surface area contributed by atoms with Gasteiger partial charge in [0.15, 0.2) is 0 Å². The van der Waals surface area contributed by atoms with E-state index in [0.29, 0.717) is 25.3 Å². The number of likely N-dealkylation sites (tertiary alicyclic amines) is 1. The number of ether oxygens (including phenoxy) is 2. The molecule has 0 unspecified atom stereocenters. The molecule has 0 aliphatic carbocycles. The van der Waals surface area contributed by atoms with Crippen molar-refractivity contribution in [3.63, 3.8) is 0 Å². The molecular weight excluding hydrogens is 463 g/mol. The Labute approximate surface area is 201 Å². The van der Waals surface area contributed by atoms with Crippen LogP contribution in [-0.2, 0) is 22.1 Å². The van der Waals surface area contributed by atoms with Crippen molar-refractivity contribution in [1.29, 1.82) is 0 Å². The Bertz CT molecular complexity index is 1080. The third-order valence-electron chi connectivity index (χ3n) is 5.93. The molecule has 10 heteroatoms. The Hall–Kier alpha value is -3.27. The highest BCUT2D eigenvalue weighted by molar-refractivity contribution is 5.99. The standard InChI is InChI=1S/C25H28F3N3O4/c1-23(2,3)35-22(33)31-15-24(13-20(31)14-34-24)12-16-4-8-18(9-5-16)29-21(32)30-19-10-6-17(7-11-19)25(26,27)28/h4-11,20H,12-15H2,1-3H3,(H2,29,30,32)/t20-,24-/m1/s1. The van der Waals surface area contributed by atoms with Crippen LogP contribution in [0.1, 0.15) is 38.3 Å². The summed E-state index contributed by atoms with van der Waals surface area (Å²) in [6, 6.07) is 10.9. The van der Waals surface area contributed by atoms with Gasteiger partial charge in [-0.2, -0.15) is 13.2 Å². The summed E-state index contributed by atoms with van der Waals surface area (Å²) in [4.78, 5) is 26.5. The van der Waals surface area contributed by atoms with Gasteiger partial charge >= 0.3 is 18.3 Å². The van der Waals surface area contributed by atoms with Crippen LogP contribution in [0.15, 0.2) is 48.5 Å². The van der Waals surface area contributed by atoms with Crippen molar-refractivity contribution in [3.8, 4) is 0 Å². The zero-order valence-corrected chi connectivity index (χ0v) is 19.7. The van der Waals surface area contributed by atoms with E-state index in [1.807, 2.05) is 32.9 Å². The van der Waals surface area contributed by atoms with Gasteiger partial charge in [-0.1, -0.05) is 12.1 Å². The van der Waals surface area contributed by atoms with Crippen LogP contribution in [-0.4, -0.2) is 47.4 Å². The van der Waals surface area contributed by atoms with Gasteiger partial charge in [-0.15, -0.1) is 0 Å². The predicted octanol–water partition coefficient (Wildman–Crippen LogP) is 5.67. The lowest BCUT2D eigenvalue weighted by atomic mass is 9.93. The number of morpholine rings is 1. The van der Waals surface area contributed by atoms with Crippen molar-refractivity contribution >= 4 is 23.5 Å². The first-order chi connectivity index (χ1) is 16.3. The van der Waals surface area contributed by atoms with Gasteiger partial charge in [-0.3, -0.25) is 4.90 Å². The van der Waals surface area contributed by atoms with Gasteiger partial charge < -0.3 is 20.1 Å². The fraction of sp³-hybridized carbons (Fsp3) is 0.440. The van der Waals surface area contributed by atoms with Crippen LogP contribution < -0.4 is 10.6 Å². The largest absolute Gasteiger partial charge is 0.444 e. The second kappa shape index (κ2) is 9.07. The Morgan fingerprint density at radius 1 is 1.03 bits per heavy atom. The number of carbonyl (C=O) groups is 2. The average molecular weight is 492 g/mol. The van der Waals surface area contributed by atoms with E-state index < -0.39 is 29.0 Å². The Kier molecular flexibility index (Phi) is 6.44. The summed E-state index contributed by atoms with van der Waals surface area (Å²) in [6.07, 6.45) is -3.41. The maximum atomic E-state index is 12.7. The lowest BCUT2D eigenvalue weighted by Crippen LogP contribution is -2.48. The highest BCUT2D eigenvalue weighted by Gasteiger charge is 2.53. The molecule has 188 valence electrons. The van der Waals surface area contributed by atoms with Gasteiger partial charge in [0.25, 0.3) is 0 Å². The van der Waals surface area contributed by atoms with Crippen molar-refractivity contribution < 1.29 is 32.2 Å². The topological polar surface area (TPSA) is 79.9 Å². The SMILES string of the molecule is CC(C)(C)OC(=O)N1C[C@@]2(Cc3ccc(NC(=O)Nc4ccc(C(F)(F)F)cc4)cc3)C[C@@H]1CO2. The summed E-state index contributed by atoms with van der Waals surface area (Å²) < 4.78 is 49.6. The number of alkyl halides is 3. The first kappa shape index (κ1) is 24.8. The molecule has 0 saturated carbocycles. The first-order valence-electron chi connectivity index (χ1n) is 11.3. The number of nitrogens with one attached hydrogen (secondary N) is 2. The molecule has 2 atom stereocenters. The fourth-order valence-corrected chi connectivity index (χ4v) is 4.40. The first-order valence-corrected chi connectivity index (χ1v) is 11.3. The molecule has 2 heterocycles. The number of carbonyl (C=O) groups excluding carboxylic acids is 2. The summed E-state index contributed by atoms with van der Waals surface area (Å²) in [6.45, 7) is 6.45. The Morgan fingerprint density at radius 2 is 1.60 bits per heavy atom. The normalized spacial score (nSPS) is 21.7. The fourth-order valence-electron chi connectivity index (χ4n) is 4.40. The van der Waals surface area contributed by atoms with Crippen LogP contribution in [0.25, 0.3) is 0 Å². The lowest BCUT2D eigenvalue weighted by molar-refractivity contribution is -0.137. The molecule has 0 radical (unpaired) electrons. The molecule has 2 fully saturated rings. The average Bonchev–Trinajstić information content (AvgIpc) is 3.32. The predicted molar refractivity (Wildman–Crippen MR) is 124 cm³/mol. The number of anilines is 2. The summed E-state index contributed by atoms with van der Waals surface area (Å²) in [5, 5.41) is 5.17. The third kappa shape index (κ3) is 6.05. The Morgan fingerprint density at radius 3 is 2.14 bits per heavy atom. The van der Waals surface area contributed by atoms with Crippen molar-refractivity contribution in [1.82, 2.24) is 4.90 Å². The van der Waals surface area contributed by atoms with Crippen LogP contribution in [0.5, 0.6) is 0 Å². The van der Waals surface area contributed by atoms with Gasteiger partial charge in [0.05, 0.1) is 30.4 Å². The highest BCUT2D eigenvalue weighted by atomic mass is 19.4. The monoisotopic (exact) mass is 491 g/mol. The minimum atomic E-state index is -4.43. The maximum absolute atomic E-state index is 12.7. The van der Waals surface area contributed by atoms with Gasteiger partial charge in [0.2, 0.25) is 0 Å². The molecule has 0 aromatic heterocycles. The van der Waals surface area contributed by atoms with Gasteiger partial charge in [0, 0.05) is 24.2 Å². The smallest absolute Gasteiger partial charge is 0.416 e. The molecule has 2 aromatic rings. The number of halogens is 3. The molecule has 0 spiro atoms. The van der Waals surface area contributed by atoms with E-state index in [4.69, 9.17) is 9.47 Å². The number of benzene rings is 2. The van der Waals surface area contributed by atoms with E-state index in [1.165, 1.54) is 12.1 Å².